The third-order valence-electron chi connectivity index (χ3n) is 6.37. The maximum absolute atomic E-state index is 13.0. The number of aryl methyl sites for hydroxylation is 1. The summed E-state index contributed by atoms with van der Waals surface area (Å²) in [5.41, 5.74) is 2.69. The van der Waals surface area contributed by atoms with Crippen LogP contribution in [0.3, 0.4) is 0 Å². The highest BCUT2D eigenvalue weighted by molar-refractivity contribution is 5.88. The van der Waals surface area contributed by atoms with Gasteiger partial charge in [0.1, 0.15) is 0 Å². The summed E-state index contributed by atoms with van der Waals surface area (Å²) in [4.78, 5) is 24.6. The summed E-state index contributed by atoms with van der Waals surface area (Å²) in [5.74, 6) is 1.74. The van der Waals surface area contributed by atoms with E-state index in [2.05, 4.69) is 25.9 Å². The molecule has 8 heteroatoms. The smallest absolute Gasteiger partial charge is 0.258 e. The molecule has 5 rings (SSSR count). The Morgan fingerprint density at radius 1 is 1.07 bits per heavy atom. The SMILES string of the molecule is Cc1nc2n(c(=O)c1CCN1CCN(c3noc4ccccc34)CC1)CCCN2C. The van der Waals surface area contributed by atoms with E-state index in [9.17, 15) is 4.79 Å². The van der Waals surface area contributed by atoms with Crippen molar-refractivity contribution >= 4 is 22.7 Å². The van der Waals surface area contributed by atoms with Crippen LogP contribution in [0.15, 0.2) is 33.6 Å². The first-order valence-electron chi connectivity index (χ1n) is 10.7. The number of anilines is 2. The van der Waals surface area contributed by atoms with Gasteiger partial charge >= 0.3 is 0 Å². The van der Waals surface area contributed by atoms with E-state index in [1.807, 2.05) is 36.7 Å². The van der Waals surface area contributed by atoms with E-state index in [0.717, 1.165) is 92.6 Å². The minimum Gasteiger partial charge on any atom is -0.354 e. The van der Waals surface area contributed by atoms with Crippen LogP contribution in [0.1, 0.15) is 17.7 Å². The van der Waals surface area contributed by atoms with Crippen LogP contribution < -0.4 is 15.4 Å². The van der Waals surface area contributed by atoms with E-state index in [1.54, 1.807) is 0 Å². The molecular formula is C22H28N6O2. The van der Waals surface area contributed by atoms with Gasteiger partial charge in [-0.3, -0.25) is 14.3 Å². The van der Waals surface area contributed by atoms with Crippen molar-refractivity contribution in [3.8, 4) is 0 Å². The summed E-state index contributed by atoms with van der Waals surface area (Å²) in [6.45, 7) is 8.27. The topological polar surface area (TPSA) is 70.6 Å². The lowest BCUT2D eigenvalue weighted by atomic mass is 10.1. The maximum atomic E-state index is 13.0. The van der Waals surface area contributed by atoms with Crippen molar-refractivity contribution in [3.05, 3.63) is 45.9 Å². The van der Waals surface area contributed by atoms with Gasteiger partial charge < -0.3 is 14.3 Å². The van der Waals surface area contributed by atoms with Crippen molar-refractivity contribution in [2.75, 3.05) is 56.1 Å². The zero-order chi connectivity index (χ0) is 20.7. The fraction of sp³-hybridized carbons (Fsp3) is 0.500. The average molecular weight is 409 g/mol. The summed E-state index contributed by atoms with van der Waals surface area (Å²) in [6, 6.07) is 8.00. The van der Waals surface area contributed by atoms with Crippen molar-refractivity contribution in [3.63, 3.8) is 0 Å². The number of hydrogen-bond acceptors (Lipinski definition) is 7. The second kappa shape index (κ2) is 7.75. The summed E-state index contributed by atoms with van der Waals surface area (Å²) >= 11 is 0. The molecule has 2 aromatic heterocycles. The van der Waals surface area contributed by atoms with E-state index in [-0.39, 0.29) is 5.56 Å². The molecule has 0 spiro atoms. The Balaban J connectivity index is 1.24. The fourth-order valence-electron chi connectivity index (χ4n) is 4.59. The summed E-state index contributed by atoms with van der Waals surface area (Å²) in [5, 5.41) is 5.35. The van der Waals surface area contributed by atoms with E-state index in [1.165, 1.54) is 0 Å². The van der Waals surface area contributed by atoms with Gasteiger partial charge in [0, 0.05) is 64.1 Å². The molecule has 2 aliphatic heterocycles. The van der Waals surface area contributed by atoms with Crippen LogP contribution in [-0.2, 0) is 13.0 Å². The minimum absolute atomic E-state index is 0.136. The maximum Gasteiger partial charge on any atom is 0.258 e. The first-order valence-corrected chi connectivity index (χ1v) is 10.7. The number of benzene rings is 1. The van der Waals surface area contributed by atoms with Crippen LogP contribution in [0.4, 0.5) is 11.8 Å². The van der Waals surface area contributed by atoms with Crippen LogP contribution in [0.5, 0.6) is 0 Å². The molecule has 2 aliphatic rings. The lowest BCUT2D eigenvalue weighted by molar-refractivity contribution is 0.259. The van der Waals surface area contributed by atoms with Gasteiger partial charge in [-0.05, 0) is 31.9 Å². The summed E-state index contributed by atoms with van der Waals surface area (Å²) in [7, 11) is 2.01. The first-order chi connectivity index (χ1) is 14.6. The molecule has 3 aromatic rings. The Morgan fingerprint density at radius 3 is 2.70 bits per heavy atom. The van der Waals surface area contributed by atoms with E-state index >= 15 is 0 Å². The molecule has 4 heterocycles. The van der Waals surface area contributed by atoms with Gasteiger partial charge in [-0.1, -0.05) is 17.3 Å². The normalized spacial score (nSPS) is 17.5. The third-order valence-corrected chi connectivity index (χ3v) is 6.37. The third kappa shape index (κ3) is 3.35. The molecule has 0 N–H and O–H groups in total. The number of para-hydroxylation sites is 1. The fourth-order valence-corrected chi connectivity index (χ4v) is 4.59. The van der Waals surface area contributed by atoms with E-state index < -0.39 is 0 Å². The molecule has 0 saturated carbocycles. The van der Waals surface area contributed by atoms with Crippen molar-refractivity contribution in [2.24, 2.45) is 0 Å². The zero-order valence-corrected chi connectivity index (χ0v) is 17.7. The van der Waals surface area contributed by atoms with Gasteiger partial charge in [0.15, 0.2) is 11.4 Å². The van der Waals surface area contributed by atoms with Crippen molar-refractivity contribution in [1.29, 1.82) is 0 Å². The molecule has 8 nitrogen and oxygen atoms in total. The van der Waals surface area contributed by atoms with Crippen molar-refractivity contribution < 1.29 is 4.52 Å². The van der Waals surface area contributed by atoms with E-state index in [0.29, 0.717) is 0 Å². The zero-order valence-electron chi connectivity index (χ0n) is 17.7. The number of aromatic nitrogens is 3. The number of nitrogens with zero attached hydrogens (tertiary/aromatic N) is 6. The second-order valence-electron chi connectivity index (χ2n) is 8.29. The quantitative estimate of drug-likeness (QED) is 0.653. The lowest BCUT2D eigenvalue weighted by Gasteiger charge is -2.34. The first kappa shape index (κ1) is 19.1. The van der Waals surface area contributed by atoms with Crippen LogP contribution in [0.2, 0.25) is 0 Å². The molecule has 0 atom stereocenters. The predicted molar refractivity (Wildman–Crippen MR) is 117 cm³/mol. The molecule has 1 fully saturated rings. The number of rotatable bonds is 4. The highest BCUT2D eigenvalue weighted by Gasteiger charge is 2.23. The molecule has 1 saturated heterocycles. The van der Waals surface area contributed by atoms with Crippen LogP contribution >= 0.6 is 0 Å². The molecule has 1 aromatic carbocycles. The largest absolute Gasteiger partial charge is 0.354 e. The molecule has 0 radical (unpaired) electrons. The Bertz CT molecular complexity index is 1110. The standard InChI is InChI=1S/C22H28N6O2/c1-16-17(21(29)28-10-5-9-25(2)22(28)23-16)8-11-26-12-14-27(15-13-26)20-18-6-3-4-7-19(18)30-24-20/h3-4,6-7H,5,8-15H2,1-2H3. The molecule has 0 bridgehead atoms. The molecule has 30 heavy (non-hydrogen) atoms. The van der Waals surface area contributed by atoms with Crippen LogP contribution in [-0.4, -0.2) is 65.9 Å². The number of piperazine rings is 1. The van der Waals surface area contributed by atoms with E-state index in [4.69, 9.17) is 9.51 Å². The Labute approximate surface area is 175 Å². The lowest BCUT2D eigenvalue weighted by Crippen LogP contribution is -2.47. The predicted octanol–water partition coefficient (Wildman–Crippen LogP) is 1.90. The molecule has 0 unspecified atom stereocenters. The molecule has 0 amide bonds. The van der Waals surface area contributed by atoms with Crippen LogP contribution in [0, 0.1) is 6.92 Å². The van der Waals surface area contributed by atoms with Crippen LogP contribution in [0.25, 0.3) is 11.0 Å². The van der Waals surface area contributed by atoms with Gasteiger partial charge in [-0.2, -0.15) is 0 Å². The monoisotopic (exact) mass is 408 g/mol. The Hall–Kier alpha value is -2.87. The van der Waals surface area contributed by atoms with Gasteiger partial charge in [-0.15, -0.1) is 0 Å². The van der Waals surface area contributed by atoms with Gasteiger partial charge in [0.05, 0.1) is 5.39 Å². The summed E-state index contributed by atoms with van der Waals surface area (Å²) in [6.07, 6.45) is 1.74. The van der Waals surface area contributed by atoms with Gasteiger partial charge in [-0.25, -0.2) is 4.98 Å². The van der Waals surface area contributed by atoms with Crippen molar-refractivity contribution in [1.82, 2.24) is 19.6 Å². The second-order valence-corrected chi connectivity index (χ2v) is 8.29. The number of hydrogen-bond donors (Lipinski definition) is 0. The highest BCUT2D eigenvalue weighted by Crippen LogP contribution is 2.26. The molecule has 0 aliphatic carbocycles. The summed E-state index contributed by atoms with van der Waals surface area (Å²) < 4.78 is 7.31. The molecule has 158 valence electrons. The number of fused-ring (bicyclic) bond motifs is 2. The van der Waals surface area contributed by atoms with Gasteiger partial charge in [0.25, 0.3) is 5.56 Å². The average Bonchev–Trinajstić information content (AvgIpc) is 3.19. The minimum atomic E-state index is 0.136. The molecular weight excluding hydrogens is 380 g/mol. The van der Waals surface area contributed by atoms with Gasteiger partial charge in [0.2, 0.25) is 5.95 Å². The Kier molecular flexibility index (Phi) is 4.94. The highest BCUT2D eigenvalue weighted by atomic mass is 16.5. The van der Waals surface area contributed by atoms with Crippen molar-refractivity contribution in [2.45, 2.75) is 26.3 Å². The Morgan fingerprint density at radius 2 is 1.87 bits per heavy atom.